The van der Waals surface area contributed by atoms with Crippen LogP contribution in [0, 0.1) is 5.92 Å². The van der Waals surface area contributed by atoms with Crippen LogP contribution in [0.5, 0.6) is 5.75 Å². The summed E-state index contributed by atoms with van der Waals surface area (Å²) >= 11 is 0. The number of ether oxygens (including phenoxy) is 1. The first-order valence-corrected chi connectivity index (χ1v) is 7.32. The van der Waals surface area contributed by atoms with Gasteiger partial charge in [0, 0.05) is 6.04 Å². The number of nitrogens with zero attached hydrogens (tertiary/aromatic N) is 1. The molecule has 1 fully saturated rings. The lowest BCUT2D eigenvalue weighted by atomic mass is 9.84. The number of hydrogen-bond donors (Lipinski definition) is 1. The lowest BCUT2D eigenvalue weighted by Gasteiger charge is -2.41. The van der Waals surface area contributed by atoms with Crippen molar-refractivity contribution in [3.05, 3.63) is 29.8 Å². The van der Waals surface area contributed by atoms with Crippen LogP contribution >= 0.6 is 0 Å². The van der Waals surface area contributed by atoms with E-state index >= 15 is 0 Å². The van der Waals surface area contributed by atoms with Gasteiger partial charge >= 0.3 is 0 Å². The molecule has 1 aliphatic heterocycles. The largest absolute Gasteiger partial charge is 0.497 e. The molecular weight excluding hydrogens is 236 g/mol. The summed E-state index contributed by atoms with van der Waals surface area (Å²) in [6.07, 6.45) is 2.61. The molecule has 2 atom stereocenters. The maximum Gasteiger partial charge on any atom is 0.119 e. The van der Waals surface area contributed by atoms with Crippen LogP contribution < -0.4 is 10.1 Å². The van der Waals surface area contributed by atoms with Crippen LogP contribution in [-0.4, -0.2) is 38.7 Å². The Labute approximate surface area is 116 Å². The van der Waals surface area contributed by atoms with Crippen molar-refractivity contribution in [1.82, 2.24) is 10.2 Å². The third kappa shape index (κ3) is 3.28. The highest BCUT2D eigenvalue weighted by atomic mass is 16.5. The molecule has 2 rings (SSSR count). The average molecular weight is 262 g/mol. The molecule has 0 aromatic heterocycles. The molecule has 1 aliphatic rings. The molecule has 0 aliphatic carbocycles. The number of benzene rings is 1. The fourth-order valence-electron chi connectivity index (χ4n) is 3.29. The zero-order valence-electron chi connectivity index (χ0n) is 12.4. The van der Waals surface area contributed by atoms with Crippen molar-refractivity contribution in [2.45, 2.75) is 25.8 Å². The Morgan fingerprint density at radius 1 is 1.42 bits per heavy atom. The Morgan fingerprint density at radius 3 is 2.95 bits per heavy atom. The molecule has 1 aromatic rings. The van der Waals surface area contributed by atoms with Crippen molar-refractivity contribution in [2.24, 2.45) is 5.92 Å². The van der Waals surface area contributed by atoms with Gasteiger partial charge in [-0.05, 0) is 63.1 Å². The molecule has 2 unspecified atom stereocenters. The number of hydrogen-bond acceptors (Lipinski definition) is 3. The van der Waals surface area contributed by atoms with E-state index in [9.17, 15) is 0 Å². The summed E-state index contributed by atoms with van der Waals surface area (Å²) in [4.78, 5) is 2.60. The predicted octanol–water partition coefficient (Wildman–Crippen LogP) is 2.69. The van der Waals surface area contributed by atoms with Crippen molar-refractivity contribution in [3.8, 4) is 5.75 Å². The minimum Gasteiger partial charge on any atom is -0.497 e. The summed E-state index contributed by atoms with van der Waals surface area (Å²) in [5.74, 6) is 1.65. The van der Waals surface area contributed by atoms with Crippen molar-refractivity contribution in [3.63, 3.8) is 0 Å². The van der Waals surface area contributed by atoms with E-state index in [2.05, 4.69) is 35.3 Å². The van der Waals surface area contributed by atoms with Gasteiger partial charge < -0.3 is 10.1 Å². The fraction of sp³-hybridized carbons (Fsp3) is 0.625. The maximum atomic E-state index is 5.38. The van der Waals surface area contributed by atoms with E-state index in [-0.39, 0.29) is 0 Å². The number of likely N-dealkylation sites (tertiary alicyclic amines) is 1. The molecule has 0 radical (unpaired) electrons. The third-order valence-electron chi connectivity index (χ3n) is 4.17. The van der Waals surface area contributed by atoms with Gasteiger partial charge in [0.1, 0.15) is 5.75 Å². The van der Waals surface area contributed by atoms with Gasteiger partial charge in [0.2, 0.25) is 0 Å². The van der Waals surface area contributed by atoms with Gasteiger partial charge in [0.25, 0.3) is 0 Å². The summed E-state index contributed by atoms with van der Waals surface area (Å²) in [5.41, 5.74) is 1.39. The van der Waals surface area contributed by atoms with E-state index < -0.39 is 0 Å². The Kier molecular flexibility index (Phi) is 5.23. The second kappa shape index (κ2) is 6.92. The number of rotatable bonds is 5. The van der Waals surface area contributed by atoms with E-state index in [0.29, 0.717) is 12.0 Å². The Balaban J connectivity index is 2.27. The number of nitrogens with one attached hydrogen (secondary N) is 1. The molecule has 0 amide bonds. The SMILES string of the molecule is CCN1CCCC(CNC)C1c1cccc(OC)c1. The smallest absolute Gasteiger partial charge is 0.119 e. The van der Waals surface area contributed by atoms with Crippen LogP contribution in [0.1, 0.15) is 31.4 Å². The Hall–Kier alpha value is -1.06. The van der Waals surface area contributed by atoms with Crippen LogP contribution in [0.3, 0.4) is 0 Å². The highest BCUT2D eigenvalue weighted by Crippen LogP contribution is 2.36. The molecule has 1 heterocycles. The first-order valence-electron chi connectivity index (χ1n) is 7.32. The molecule has 3 heteroatoms. The number of methoxy groups -OCH3 is 1. The summed E-state index contributed by atoms with van der Waals surface area (Å²) in [5, 5.41) is 3.35. The molecule has 19 heavy (non-hydrogen) atoms. The lowest BCUT2D eigenvalue weighted by Crippen LogP contribution is -2.41. The normalized spacial score (nSPS) is 24.4. The van der Waals surface area contributed by atoms with E-state index in [1.54, 1.807) is 7.11 Å². The fourth-order valence-corrected chi connectivity index (χ4v) is 3.29. The van der Waals surface area contributed by atoms with Gasteiger partial charge in [-0.2, -0.15) is 0 Å². The zero-order chi connectivity index (χ0) is 13.7. The molecule has 106 valence electrons. The molecular formula is C16H26N2O. The molecule has 1 saturated heterocycles. The average Bonchev–Trinajstić information content (AvgIpc) is 2.47. The molecule has 0 spiro atoms. The van der Waals surface area contributed by atoms with Crippen LogP contribution in [-0.2, 0) is 0 Å². The van der Waals surface area contributed by atoms with Gasteiger partial charge in [-0.25, -0.2) is 0 Å². The predicted molar refractivity (Wildman–Crippen MR) is 79.6 cm³/mol. The quantitative estimate of drug-likeness (QED) is 0.883. The van der Waals surface area contributed by atoms with Crippen LogP contribution in [0.2, 0.25) is 0 Å². The first kappa shape index (κ1) is 14.4. The zero-order valence-corrected chi connectivity index (χ0v) is 12.4. The maximum absolute atomic E-state index is 5.38. The second-order valence-electron chi connectivity index (χ2n) is 5.31. The summed E-state index contributed by atoms with van der Waals surface area (Å²) in [6.45, 7) is 5.66. The minimum absolute atomic E-state index is 0.515. The van der Waals surface area contributed by atoms with Crippen molar-refractivity contribution in [2.75, 3.05) is 33.8 Å². The van der Waals surface area contributed by atoms with E-state index in [1.807, 2.05) is 13.1 Å². The van der Waals surface area contributed by atoms with Gasteiger partial charge in [-0.1, -0.05) is 19.1 Å². The van der Waals surface area contributed by atoms with Gasteiger partial charge in [0.15, 0.2) is 0 Å². The second-order valence-corrected chi connectivity index (χ2v) is 5.31. The Morgan fingerprint density at radius 2 is 2.26 bits per heavy atom. The summed E-state index contributed by atoms with van der Waals surface area (Å²) < 4.78 is 5.38. The van der Waals surface area contributed by atoms with Crippen LogP contribution in [0.25, 0.3) is 0 Å². The highest BCUT2D eigenvalue weighted by molar-refractivity contribution is 5.31. The third-order valence-corrected chi connectivity index (χ3v) is 4.17. The van der Waals surface area contributed by atoms with Gasteiger partial charge in [-0.3, -0.25) is 4.90 Å². The molecule has 3 nitrogen and oxygen atoms in total. The molecule has 1 N–H and O–H groups in total. The highest BCUT2D eigenvalue weighted by Gasteiger charge is 2.31. The standard InChI is InChI=1S/C16H26N2O/c1-4-18-10-6-8-14(12-17-2)16(18)13-7-5-9-15(11-13)19-3/h5,7,9,11,14,16-17H,4,6,8,10,12H2,1-3H3. The van der Waals surface area contributed by atoms with Crippen molar-refractivity contribution >= 4 is 0 Å². The Bertz CT molecular complexity index is 392. The molecule has 1 aromatic carbocycles. The van der Waals surface area contributed by atoms with Crippen LogP contribution in [0.15, 0.2) is 24.3 Å². The molecule has 0 saturated carbocycles. The molecule has 0 bridgehead atoms. The lowest BCUT2D eigenvalue weighted by molar-refractivity contribution is 0.0980. The van der Waals surface area contributed by atoms with Crippen molar-refractivity contribution in [1.29, 1.82) is 0 Å². The van der Waals surface area contributed by atoms with Crippen LogP contribution in [0.4, 0.5) is 0 Å². The number of piperidine rings is 1. The monoisotopic (exact) mass is 262 g/mol. The summed E-state index contributed by atoms with van der Waals surface area (Å²) in [6, 6.07) is 9.08. The van der Waals surface area contributed by atoms with E-state index in [1.165, 1.54) is 24.9 Å². The minimum atomic E-state index is 0.515. The van der Waals surface area contributed by atoms with E-state index in [0.717, 1.165) is 18.8 Å². The van der Waals surface area contributed by atoms with E-state index in [4.69, 9.17) is 4.74 Å². The first-order chi connectivity index (χ1) is 9.30. The van der Waals surface area contributed by atoms with Crippen molar-refractivity contribution < 1.29 is 4.74 Å². The summed E-state index contributed by atoms with van der Waals surface area (Å²) in [7, 11) is 3.79. The van der Waals surface area contributed by atoms with Gasteiger partial charge in [0.05, 0.1) is 7.11 Å². The topological polar surface area (TPSA) is 24.5 Å². The van der Waals surface area contributed by atoms with Gasteiger partial charge in [-0.15, -0.1) is 0 Å².